The summed E-state index contributed by atoms with van der Waals surface area (Å²) < 4.78 is 0. The third kappa shape index (κ3) is 2.90. The van der Waals surface area contributed by atoms with Crippen molar-refractivity contribution in [3.8, 4) is 0 Å². The number of hydrogen-bond acceptors (Lipinski definition) is 4. The number of aryl methyl sites for hydroxylation is 2. The standard InChI is InChI=1S/C10H15N3O2/c1-4-13(6-9(14)15)10-8(3)11-5-7(2)12-10/h5H,4,6H2,1-3H3,(H,14,15). The van der Waals surface area contributed by atoms with Gasteiger partial charge >= 0.3 is 5.97 Å². The number of likely N-dealkylation sites (N-methyl/N-ethyl adjacent to an activating group) is 1. The van der Waals surface area contributed by atoms with Gasteiger partial charge in [0.15, 0.2) is 5.82 Å². The Kier molecular flexibility index (Phi) is 3.60. The van der Waals surface area contributed by atoms with E-state index < -0.39 is 5.97 Å². The molecule has 0 fully saturated rings. The smallest absolute Gasteiger partial charge is 0.323 e. The van der Waals surface area contributed by atoms with Crippen LogP contribution in [0.4, 0.5) is 5.82 Å². The van der Waals surface area contributed by atoms with Crippen molar-refractivity contribution in [1.29, 1.82) is 0 Å². The molecule has 0 amide bonds. The van der Waals surface area contributed by atoms with E-state index in [0.717, 1.165) is 11.4 Å². The van der Waals surface area contributed by atoms with Gasteiger partial charge in [0.2, 0.25) is 0 Å². The van der Waals surface area contributed by atoms with Crippen LogP contribution in [0.3, 0.4) is 0 Å². The molecule has 0 aliphatic heterocycles. The molecule has 82 valence electrons. The number of rotatable bonds is 4. The lowest BCUT2D eigenvalue weighted by atomic mass is 10.3. The summed E-state index contributed by atoms with van der Waals surface area (Å²) in [4.78, 5) is 20.8. The number of aromatic nitrogens is 2. The normalized spacial score (nSPS) is 10.1. The minimum absolute atomic E-state index is 0.0462. The molecule has 0 aromatic carbocycles. The number of carboxylic acid groups (broad SMARTS) is 1. The molecule has 0 aliphatic rings. The highest BCUT2D eigenvalue weighted by Gasteiger charge is 2.13. The number of carbonyl (C=O) groups is 1. The second-order valence-electron chi connectivity index (χ2n) is 3.33. The Labute approximate surface area is 88.8 Å². The van der Waals surface area contributed by atoms with Gasteiger partial charge in [-0.1, -0.05) is 0 Å². The Bertz CT molecular complexity index is 366. The molecule has 0 bridgehead atoms. The van der Waals surface area contributed by atoms with Gasteiger partial charge in [0.05, 0.1) is 11.4 Å². The van der Waals surface area contributed by atoms with Crippen LogP contribution in [-0.2, 0) is 4.79 Å². The lowest BCUT2D eigenvalue weighted by Gasteiger charge is -2.21. The summed E-state index contributed by atoms with van der Waals surface area (Å²) in [6, 6.07) is 0. The Balaban J connectivity index is 3.00. The summed E-state index contributed by atoms with van der Waals surface area (Å²) in [6.07, 6.45) is 1.67. The van der Waals surface area contributed by atoms with E-state index in [1.165, 1.54) is 0 Å². The van der Waals surface area contributed by atoms with E-state index in [9.17, 15) is 4.79 Å². The van der Waals surface area contributed by atoms with Gasteiger partial charge in [-0.3, -0.25) is 9.78 Å². The quantitative estimate of drug-likeness (QED) is 0.801. The third-order valence-corrected chi connectivity index (χ3v) is 2.06. The molecular weight excluding hydrogens is 194 g/mol. The molecule has 0 radical (unpaired) electrons. The van der Waals surface area contributed by atoms with Crippen LogP contribution >= 0.6 is 0 Å². The van der Waals surface area contributed by atoms with Crippen LogP contribution in [0, 0.1) is 13.8 Å². The molecule has 1 aromatic rings. The minimum Gasteiger partial charge on any atom is -0.480 e. The molecule has 5 nitrogen and oxygen atoms in total. The summed E-state index contributed by atoms with van der Waals surface area (Å²) in [6.45, 7) is 6.12. The predicted octanol–water partition coefficient (Wildman–Crippen LogP) is 1.00. The average molecular weight is 209 g/mol. The summed E-state index contributed by atoms with van der Waals surface area (Å²) in [5, 5.41) is 8.75. The van der Waals surface area contributed by atoms with Crippen LogP contribution in [0.1, 0.15) is 18.3 Å². The molecule has 0 saturated heterocycles. The van der Waals surface area contributed by atoms with Crippen LogP contribution in [0.5, 0.6) is 0 Å². The van der Waals surface area contributed by atoms with Gasteiger partial charge in [-0.05, 0) is 20.8 Å². The Morgan fingerprint density at radius 2 is 2.20 bits per heavy atom. The number of aliphatic carboxylic acids is 1. The lowest BCUT2D eigenvalue weighted by molar-refractivity contribution is -0.135. The molecule has 15 heavy (non-hydrogen) atoms. The Hall–Kier alpha value is -1.65. The van der Waals surface area contributed by atoms with Gasteiger partial charge in [-0.25, -0.2) is 4.98 Å². The second kappa shape index (κ2) is 4.72. The molecular formula is C10H15N3O2. The van der Waals surface area contributed by atoms with Gasteiger partial charge in [0.1, 0.15) is 6.54 Å². The van der Waals surface area contributed by atoms with Crippen molar-refractivity contribution in [3.05, 3.63) is 17.6 Å². The van der Waals surface area contributed by atoms with E-state index in [4.69, 9.17) is 5.11 Å². The SMILES string of the molecule is CCN(CC(=O)O)c1nc(C)cnc1C. The van der Waals surface area contributed by atoms with Gasteiger partial charge in [-0.15, -0.1) is 0 Å². The summed E-state index contributed by atoms with van der Waals surface area (Å²) >= 11 is 0. The highest BCUT2D eigenvalue weighted by molar-refractivity contribution is 5.73. The molecule has 0 atom stereocenters. The fourth-order valence-electron chi connectivity index (χ4n) is 1.32. The predicted molar refractivity (Wildman–Crippen MR) is 57.0 cm³/mol. The van der Waals surface area contributed by atoms with Crippen LogP contribution < -0.4 is 4.90 Å². The first-order valence-corrected chi connectivity index (χ1v) is 4.81. The number of anilines is 1. The van der Waals surface area contributed by atoms with Gasteiger partial charge in [0, 0.05) is 12.7 Å². The molecule has 1 heterocycles. The van der Waals surface area contributed by atoms with Crippen molar-refractivity contribution < 1.29 is 9.90 Å². The van der Waals surface area contributed by atoms with Crippen molar-refractivity contribution in [2.24, 2.45) is 0 Å². The molecule has 0 unspecified atom stereocenters. The number of nitrogens with zero attached hydrogens (tertiary/aromatic N) is 3. The van der Waals surface area contributed by atoms with Crippen molar-refractivity contribution in [3.63, 3.8) is 0 Å². The molecule has 0 saturated carbocycles. The third-order valence-electron chi connectivity index (χ3n) is 2.06. The van der Waals surface area contributed by atoms with Crippen LogP contribution in [0.25, 0.3) is 0 Å². The van der Waals surface area contributed by atoms with E-state index in [2.05, 4.69) is 9.97 Å². The van der Waals surface area contributed by atoms with Gasteiger partial charge < -0.3 is 10.0 Å². The first kappa shape index (κ1) is 11.4. The first-order valence-electron chi connectivity index (χ1n) is 4.81. The highest BCUT2D eigenvalue weighted by atomic mass is 16.4. The zero-order valence-electron chi connectivity index (χ0n) is 9.19. The fraction of sp³-hybridized carbons (Fsp3) is 0.500. The number of carboxylic acids is 1. The molecule has 5 heteroatoms. The lowest BCUT2D eigenvalue weighted by Crippen LogP contribution is -2.31. The van der Waals surface area contributed by atoms with Crippen LogP contribution in [-0.4, -0.2) is 34.1 Å². The van der Waals surface area contributed by atoms with E-state index in [-0.39, 0.29) is 6.54 Å². The monoisotopic (exact) mass is 209 g/mol. The summed E-state index contributed by atoms with van der Waals surface area (Å²) in [5.41, 5.74) is 1.54. The maximum Gasteiger partial charge on any atom is 0.323 e. The Morgan fingerprint density at radius 1 is 1.53 bits per heavy atom. The van der Waals surface area contributed by atoms with E-state index in [1.54, 1.807) is 11.1 Å². The molecule has 1 rings (SSSR count). The fourth-order valence-corrected chi connectivity index (χ4v) is 1.32. The maximum absolute atomic E-state index is 10.6. The van der Waals surface area contributed by atoms with Crippen LogP contribution in [0.2, 0.25) is 0 Å². The van der Waals surface area contributed by atoms with Crippen LogP contribution in [0.15, 0.2) is 6.20 Å². The highest BCUT2D eigenvalue weighted by Crippen LogP contribution is 2.14. The zero-order chi connectivity index (χ0) is 11.4. The summed E-state index contributed by atoms with van der Waals surface area (Å²) in [5.74, 6) is -0.209. The van der Waals surface area contributed by atoms with Crippen molar-refractivity contribution in [2.45, 2.75) is 20.8 Å². The zero-order valence-corrected chi connectivity index (χ0v) is 9.19. The maximum atomic E-state index is 10.6. The van der Waals surface area contributed by atoms with Gasteiger partial charge in [-0.2, -0.15) is 0 Å². The van der Waals surface area contributed by atoms with Crippen molar-refractivity contribution >= 4 is 11.8 Å². The van der Waals surface area contributed by atoms with Gasteiger partial charge in [0.25, 0.3) is 0 Å². The number of hydrogen-bond donors (Lipinski definition) is 1. The molecule has 1 N–H and O–H groups in total. The average Bonchev–Trinajstić information content (AvgIpc) is 2.18. The second-order valence-corrected chi connectivity index (χ2v) is 3.33. The van der Waals surface area contributed by atoms with Crippen molar-refractivity contribution in [1.82, 2.24) is 9.97 Å². The van der Waals surface area contributed by atoms with E-state index >= 15 is 0 Å². The molecule has 0 spiro atoms. The topological polar surface area (TPSA) is 66.3 Å². The summed E-state index contributed by atoms with van der Waals surface area (Å²) in [7, 11) is 0. The van der Waals surface area contributed by atoms with E-state index in [1.807, 2.05) is 20.8 Å². The Morgan fingerprint density at radius 3 is 2.73 bits per heavy atom. The largest absolute Gasteiger partial charge is 0.480 e. The molecule has 0 aliphatic carbocycles. The van der Waals surface area contributed by atoms with Crippen molar-refractivity contribution in [2.75, 3.05) is 18.0 Å². The molecule has 1 aromatic heterocycles. The minimum atomic E-state index is -0.862. The van der Waals surface area contributed by atoms with E-state index in [0.29, 0.717) is 12.4 Å². The first-order chi connectivity index (χ1) is 7.04.